The van der Waals surface area contributed by atoms with E-state index >= 15 is 0 Å². The Balaban J connectivity index is 1.61. The van der Waals surface area contributed by atoms with Gasteiger partial charge < -0.3 is 15.4 Å². The highest BCUT2D eigenvalue weighted by atomic mass is 19.4. The smallest absolute Gasteiger partial charge is 0.416 e. The van der Waals surface area contributed by atoms with Gasteiger partial charge >= 0.3 is 18.2 Å². The lowest BCUT2D eigenvalue weighted by Crippen LogP contribution is -2.20. The molecular weight excluding hydrogens is 485 g/mol. The Morgan fingerprint density at radius 2 is 1.75 bits per heavy atom. The molecular formula is C24H18F5N5O2. The van der Waals surface area contributed by atoms with Gasteiger partial charge in [0.05, 0.1) is 23.5 Å². The maximum atomic E-state index is 13.8. The Hall–Kier alpha value is -4.48. The molecule has 4 aromatic rings. The molecule has 3 aromatic carbocycles. The number of carbonyl (C=O) groups is 1. The van der Waals surface area contributed by atoms with Crippen LogP contribution in [0.2, 0.25) is 0 Å². The Morgan fingerprint density at radius 1 is 1.00 bits per heavy atom. The van der Waals surface area contributed by atoms with E-state index in [9.17, 15) is 26.7 Å². The van der Waals surface area contributed by atoms with Gasteiger partial charge in [-0.15, -0.1) is 5.10 Å². The predicted molar refractivity (Wildman–Crippen MR) is 122 cm³/mol. The zero-order valence-corrected chi connectivity index (χ0v) is 18.6. The molecule has 0 saturated carbocycles. The largest absolute Gasteiger partial charge is 0.463 e. The number of rotatable bonds is 6. The summed E-state index contributed by atoms with van der Waals surface area (Å²) >= 11 is 0. The topological polar surface area (TPSA) is 81.1 Å². The van der Waals surface area contributed by atoms with Crippen molar-refractivity contribution < 1.29 is 31.5 Å². The number of ether oxygens (including phenoxy) is 1. The third-order valence-corrected chi connectivity index (χ3v) is 4.86. The lowest BCUT2D eigenvalue weighted by atomic mass is 10.1. The zero-order chi connectivity index (χ0) is 25.9. The summed E-state index contributed by atoms with van der Waals surface area (Å²) in [6.07, 6.45) is -4.49. The molecule has 0 atom stereocenters. The van der Waals surface area contributed by atoms with E-state index < -0.39 is 29.4 Å². The second-order valence-electron chi connectivity index (χ2n) is 7.39. The fourth-order valence-corrected chi connectivity index (χ4v) is 3.25. The molecule has 0 saturated heterocycles. The Morgan fingerprint density at radius 3 is 2.42 bits per heavy atom. The molecule has 1 aromatic heterocycles. The van der Waals surface area contributed by atoms with Crippen molar-refractivity contribution in [1.82, 2.24) is 14.8 Å². The summed E-state index contributed by atoms with van der Waals surface area (Å²) in [5.74, 6) is -1.51. The molecule has 7 nitrogen and oxygen atoms in total. The van der Waals surface area contributed by atoms with Crippen molar-refractivity contribution >= 4 is 17.4 Å². The maximum Gasteiger partial charge on any atom is 0.416 e. The van der Waals surface area contributed by atoms with Crippen LogP contribution in [0.1, 0.15) is 12.5 Å². The van der Waals surface area contributed by atoms with Crippen molar-refractivity contribution in [3.05, 3.63) is 83.9 Å². The van der Waals surface area contributed by atoms with Crippen LogP contribution in [0, 0.1) is 11.6 Å². The van der Waals surface area contributed by atoms with Crippen LogP contribution in [0.3, 0.4) is 0 Å². The number of urea groups is 1. The number of aromatic nitrogens is 3. The van der Waals surface area contributed by atoms with Gasteiger partial charge in [-0.3, -0.25) is 0 Å². The summed E-state index contributed by atoms with van der Waals surface area (Å²) in [5.41, 5.74) is 0.0298. The highest BCUT2D eigenvalue weighted by Gasteiger charge is 2.30. The first kappa shape index (κ1) is 24.6. The molecule has 36 heavy (non-hydrogen) atoms. The highest BCUT2D eigenvalue weighted by molar-refractivity contribution is 6.00. The predicted octanol–water partition coefficient (Wildman–Crippen LogP) is 6.27. The quantitative estimate of drug-likeness (QED) is 0.304. The van der Waals surface area contributed by atoms with Crippen molar-refractivity contribution in [2.75, 3.05) is 17.2 Å². The lowest BCUT2D eigenvalue weighted by Gasteiger charge is -2.11. The number of nitrogens with zero attached hydrogens (tertiary/aromatic N) is 3. The fourth-order valence-electron chi connectivity index (χ4n) is 3.25. The van der Waals surface area contributed by atoms with Gasteiger partial charge in [-0.2, -0.15) is 18.2 Å². The summed E-state index contributed by atoms with van der Waals surface area (Å²) in [6, 6.07) is 12.7. The van der Waals surface area contributed by atoms with Gasteiger partial charge in [-0.25, -0.2) is 18.3 Å². The molecule has 186 valence electrons. The number of nitrogens with one attached hydrogen (secondary N) is 2. The molecule has 0 spiro atoms. The monoisotopic (exact) mass is 503 g/mol. The molecule has 0 aliphatic heterocycles. The SMILES string of the molecule is CCOc1nc(-c2ccc(C(F)(F)F)cc2)n(-c2cccc(NC(=O)Nc3ccc(F)cc3F)c2)n1. The number of amides is 2. The Labute approximate surface area is 201 Å². The summed E-state index contributed by atoms with van der Waals surface area (Å²) in [7, 11) is 0. The zero-order valence-electron chi connectivity index (χ0n) is 18.6. The van der Waals surface area contributed by atoms with Crippen molar-refractivity contribution in [3.63, 3.8) is 0 Å². The molecule has 0 radical (unpaired) electrons. The van der Waals surface area contributed by atoms with Gasteiger partial charge in [0.25, 0.3) is 0 Å². The number of anilines is 2. The average Bonchev–Trinajstić information content (AvgIpc) is 3.25. The highest BCUT2D eigenvalue weighted by Crippen LogP contribution is 2.32. The van der Waals surface area contributed by atoms with Crippen LogP contribution >= 0.6 is 0 Å². The molecule has 2 amide bonds. The van der Waals surface area contributed by atoms with Crippen LogP contribution in [0.5, 0.6) is 6.01 Å². The van der Waals surface area contributed by atoms with Crippen LogP contribution < -0.4 is 15.4 Å². The van der Waals surface area contributed by atoms with Crippen molar-refractivity contribution in [2.45, 2.75) is 13.1 Å². The fraction of sp³-hybridized carbons (Fsp3) is 0.125. The number of halogens is 5. The molecule has 1 heterocycles. The molecule has 0 unspecified atom stereocenters. The van der Waals surface area contributed by atoms with Crippen molar-refractivity contribution in [2.24, 2.45) is 0 Å². The molecule has 0 aliphatic rings. The third kappa shape index (κ3) is 5.59. The van der Waals surface area contributed by atoms with E-state index in [1.165, 1.54) is 22.9 Å². The number of alkyl halides is 3. The first-order valence-electron chi connectivity index (χ1n) is 10.5. The second kappa shape index (κ2) is 10.0. The average molecular weight is 503 g/mol. The van der Waals surface area contributed by atoms with Gasteiger partial charge in [0.2, 0.25) is 0 Å². The van der Waals surface area contributed by atoms with E-state index in [2.05, 4.69) is 20.7 Å². The van der Waals surface area contributed by atoms with Gasteiger partial charge in [-0.05, 0) is 49.4 Å². The van der Waals surface area contributed by atoms with E-state index in [0.717, 1.165) is 24.3 Å². The maximum absolute atomic E-state index is 13.8. The lowest BCUT2D eigenvalue weighted by molar-refractivity contribution is -0.137. The van der Waals surface area contributed by atoms with E-state index in [1.54, 1.807) is 25.1 Å². The van der Waals surface area contributed by atoms with Crippen molar-refractivity contribution in [3.8, 4) is 23.1 Å². The Kier molecular flexibility index (Phi) is 6.86. The Bertz CT molecular complexity index is 1390. The third-order valence-electron chi connectivity index (χ3n) is 4.86. The van der Waals surface area contributed by atoms with Gasteiger partial charge in [0.1, 0.15) is 11.6 Å². The minimum absolute atomic E-state index is 0.00953. The first-order valence-corrected chi connectivity index (χ1v) is 10.5. The molecule has 4 rings (SSSR count). The number of hydrogen-bond donors (Lipinski definition) is 2. The minimum atomic E-state index is -4.49. The van der Waals surface area contributed by atoms with Crippen LogP contribution in [0.15, 0.2) is 66.7 Å². The number of hydrogen-bond acceptors (Lipinski definition) is 4. The molecule has 2 N–H and O–H groups in total. The van der Waals surface area contributed by atoms with E-state index in [1.807, 2.05) is 0 Å². The summed E-state index contributed by atoms with van der Waals surface area (Å²) in [5, 5.41) is 9.08. The molecule has 0 fully saturated rings. The van der Waals surface area contributed by atoms with Gasteiger partial charge in [0, 0.05) is 17.3 Å². The van der Waals surface area contributed by atoms with E-state index in [0.29, 0.717) is 23.0 Å². The van der Waals surface area contributed by atoms with E-state index in [4.69, 9.17) is 4.74 Å². The molecule has 0 aliphatic carbocycles. The van der Waals surface area contributed by atoms with Gasteiger partial charge in [-0.1, -0.05) is 18.2 Å². The number of carbonyl (C=O) groups excluding carboxylic acids is 1. The summed E-state index contributed by atoms with van der Waals surface area (Å²) in [6.45, 7) is 1.99. The summed E-state index contributed by atoms with van der Waals surface area (Å²) < 4.78 is 72.5. The van der Waals surface area contributed by atoms with Crippen LogP contribution in [-0.4, -0.2) is 27.4 Å². The van der Waals surface area contributed by atoms with E-state index in [-0.39, 0.29) is 24.1 Å². The molecule has 0 bridgehead atoms. The van der Waals surface area contributed by atoms with Crippen LogP contribution in [0.4, 0.5) is 38.1 Å². The standard InChI is InChI=1S/C24H18F5N5O2/c1-2-36-23-32-21(14-6-8-15(9-7-14)24(27,28)29)34(33-23)18-5-3-4-17(13-18)30-22(35)31-20-11-10-16(25)12-19(20)26/h3-13H,2H2,1H3,(H2,30,31,35). The minimum Gasteiger partial charge on any atom is -0.463 e. The number of benzene rings is 3. The van der Waals surface area contributed by atoms with Crippen LogP contribution in [0.25, 0.3) is 17.1 Å². The second-order valence-corrected chi connectivity index (χ2v) is 7.39. The summed E-state index contributed by atoms with van der Waals surface area (Å²) in [4.78, 5) is 16.6. The van der Waals surface area contributed by atoms with Gasteiger partial charge in [0.15, 0.2) is 5.82 Å². The van der Waals surface area contributed by atoms with Crippen LogP contribution in [-0.2, 0) is 6.18 Å². The molecule has 12 heteroatoms. The van der Waals surface area contributed by atoms with Crippen molar-refractivity contribution in [1.29, 1.82) is 0 Å². The normalized spacial score (nSPS) is 11.3. The first-order chi connectivity index (χ1) is 17.1.